The number of rotatable bonds is 4. The molecule has 0 aromatic heterocycles. The third kappa shape index (κ3) is 2.28. The van der Waals surface area contributed by atoms with Crippen molar-refractivity contribution in [3.8, 4) is 0 Å². The maximum absolute atomic E-state index is 6.75. The summed E-state index contributed by atoms with van der Waals surface area (Å²) >= 11 is 0. The molecular weight excluding hydrogens is 432 g/mol. The normalized spacial score (nSPS) is 44.5. The minimum absolute atomic E-state index is 0.165. The van der Waals surface area contributed by atoms with Crippen molar-refractivity contribution >= 4 is 0 Å². The zero-order chi connectivity index (χ0) is 21.7. The summed E-state index contributed by atoms with van der Waals surface area (Å²) in [6, 6.07) is 16.5. The van der Waals surface area contributed by atoms with Gasteiger partial charge in [0, 0.05) is 25.7 Å². The van der Waals surface area contributed by atoms with Crippen molar-refractivity contribution in [3.63, 3.8) is 0 Å². The fraction of sp³-hybridized carbons (Fsp3) is 0.500. The Morgan fingerprint density at radius 3 is 1.36 bits per heavy atom. The van der Waals surface area contributed by atoms with Gasteiger partial charge in [0.2, 0.25) is 0 Å². The SMILES string of the molecule is c1ccc2c(c1)CC1OOC1(C1(OC3(C45Cc6ccccc6CC4OO5)COO3)COO1)C2. The molecule has 9 heteroatoms. The van der Waals surface area contributed by atoms with Gasteiger partial charge in [-0.05, 0) is 22.3 Å². The Balaban J connectivity index is 1.17. The molecule has 6 aliphatic rings. The summed E-state index contributed by atoms with van der Waals surface area (Å²) in [4.78, 5) is 44.7. The third-order valence-corrected chi connectivity index (χ3v) is 8.12. The fourth-order valence-electron chi connectivity index (χ4n) is 6.11. The fourth-order valence-corrected chi connectivity index (χ4v) is 6.11. The van der Waals surface area contributed by atoms with E-state index in [1.54, 1.807) is 0 Å². The van der Waals surface area contributed by atoms with Crippen LogP contribution in [0, 0.1) is 0 Å². The predicted molar refractivity (Wildman–Crippen MR) is 106 cm³/mol. The van der Waals surface area contributed by atoms with Gasteiger partial charge in [-0.2, -0.15) is 9.78 Å². The number of fused-ring (bicyclic) bond motifs is 4. The second-order valence-electron chi connectivity index (χ2n) is 9.71. The molecular formula is C24H22O9. The van der Waals surface area contributed by atoms with Crippen molar-refractivity contribution in [2.45, 2.75) is 60.7 Å². The molecule has 6 unspecified atom stereocenters. The zero-order valence-corrected chi connectivity index (χ0v) is 17.7. The number of hydrogen-bond donors (Lipinski definition) is 0. The smallest absolute Gasteiger partial charge is 0.266 e. The molecule has 4 aliphatic heterocycles. The van der Waals surface area contributed by atoms with Crippen LogP contribution < -0.4 is 0 Å². The zero-order valence-electron chi connectivity index (χ0n) is 17.7. The minimum Gasteiger partial charge on any atom is -0.302 e. The van der Waals surface area contributed by atoms with E-state index in [1.807, 2.05) is 24.3 Å². The third-order valence-electron chi connectivity index (χ3n) is 8.12. The van der Waals surface area contributed by atoms with Crippen LogP contribution in [0.4, 0.5) is 0 Å². The van der Waals surface area contributed by atoms with Gasteiger partial charge >= 0.3 is 0 Å². The second-order valence-corrected chi connectivity index (χ2v) is 9.71. The van der Waals surface area contributed by atoms with E-state index < -0.39 is 22.8 Å². The van der Waals surface area contributed by atoms with Crippen LogP contribution in [0.15, 0.2) is 48.5 Å². The van der Waals surface area contributed by atoms with Gasteiger partial charge in [0.1, 0.15) is 25.4 Å². The Morgan fingerprint density at radius 2 is 1.03 bits per heavy atom. The van der Waals surface area contributed by atoms with Gasteiger partial charge < -0.3 is 4.74 Å². The lowest BCUT2D eigenvalue weighted by atomic mass is 9.70. The lowest BCUT2D eigenvalue weighted by Crippen LogP contribution is -2.85. The summed E-state index contributed by atoms with van der Waals surface area (Å²) < 4.78 is 6.75. The van der Waals surface area contributed by atoms with Crippen molar-refractivity contribution in [3.05, 3.63) is 70.8 Å². The maximum atomic E-state index is 6.75. The van der Waals surface area contributed by atoms with E-state index in [0.29, 0.717) is 25.7 Å². The molecule has 4 heterocycles. The number of ether oxygens (including phenoxy) is 1. The molecule has 0 bridgehead atoms. The molecule has 2 aromatic carbocycles. The topological polar surface area (TPSA) is 83.1 Å². The summed E-state index contributed by atoms with van der Waals surface area (Å²) in [5, 5.41) is 0. The molecule has 6 atom stereocenters. The molecule has 0 saturated carbocycles. The molecule has 0 spiro atoms. The quantitative estimate of drug-likeness (QED) is 0.645. The lowest BCUT2D eigenvalue weighted by Gasteiger charge is -2.65. The molecule has 9 nitrogen and oxygen atoms in total. The van der Waals surface area contributed by atoms with E-state index in [2.05, 4.69) is 24.3 Å². The number of benzene rings is 2. The molecule has 0 amide bonds. The van der Waals surface area contributed by atoms with E-state index in [1.165, 1.54) is 22.3 Å². The van der Waals surface area contributed by atoms with Crippen molar-refractivity contribution in [2.24, 2.45) is 0 Å². The molecule has 8 rings (SSSR count). The first-order chi connectivity index (χ1) is 16.2. The van der Waals surface area contributed by atoms with Crippen LogP contribution in [-0.4, -0.2) is 48.2 Å². The van der Waals surface area contributed by atoms with E-state index in [4.69, 9.17) is 43.8 Å². The highest BCUT2D eigenvalue weighted by Gasteiger charge is 2.80. The van der Waals surface area contributed by atoms with Crippen LogP contribution in [-0.2, 0) is 69.5 Å². The Kier molecular flexibility index (Phi) is 3.76. The van der Waals surface area contributed by atoms with Crippen LogP contribution in [0.2, 0.25) is 0 Å². The summed E-state index contributed by atoms with van der Waals surface area (Å²) in [5.41, 5.74) is 3.03. The Bertz CT molecular complexity index is 1040. The van der Waals surface area contributed by atoms with E-state index >= 15 is 0 Å². The minimum atomic E-state index is -1.25. The monoisotopic (exact) mass is 454 g/mol. The van der Waals surface area contributed by atoms with Gasteiger partial charge in [-0.3, -0.25) is 0 Å². The molecule has 172 valence electrons. The largest absolute Gasteiger partial charge is 0.302 e. The van der Waals surface area contributed by atoms with Gasteiger partial charge in [0.25, 0.3) is 11.6 Å². The molecule has 2 aliphatic carbocycles. The molecule has 4 fully saturated rings. The second kappa shape index (κ2) is 6.39. The van der Waals surface area contributed by atoms with E-state index in [0.717, 1.165) is 0 Å². The molecule has 33 heavy (non-hydrogen) atoms. The predicted octanol–water partition coefficient (Wildman–Crippen LogP) is 2.06. The van der Waals surface area contributed by atoms with Crippen LogP contribution in [0.1, 0.15) is 22.3 Å². The van der Waals surface area contributed by atoms with Gasteiger partial charge in [-0.25, -0.2) is 29.3 Å². The summed E-state index contributed by atoms with van der Waals surface area (Å²) in [7, 11) is 0. The highest BCUT2D eigenvalue weighted by atomic mass is 17.3. The van der Waals surface area contributed by atoms with Crippen LogP contribution in [0.25, 0.3) is 0 Å². The first-order valence-electron chi connectivity index (χ1n) is 11.3. The van der Waals surface area contributed by atoms with Gasteiger partial charge in [-0.1, -0.05) is 48.5 Å². The maximum Gasteiger partial charge on any atom is 0.266 e. The van der Waals surface area contributed by atoms with Crippen molar-refractivity contribution in [1.82, 2.24) is 0 Å². The van der Waals surface area contributed by atoms with Gasteiger partial charge in [-0.15, -0.1) is 0 Å². The molecule has 2 aromatic rings. The Morgan fingerprint density at radius 1 is 0.606 bits per heavy atom. The Hall–Kier alpha value is -1.92. The lowest BCUT2D eigenvalue weighted by molar-refractivity contribution is -0.709. The number of hydrogen-bond acceptors (Lipinski definition) is 9. The molecule has 0 N–H and O–H groups in total. The van der Waals surface area contributed by atoms with Gasteiger partial charge in [0.05, 0.1) is 0 Å². The highest BCUT2D eigenvalue weighted by molar-refractivity contribution is 5.37. The average molecular weight is 454 g/mol. The van der Waals surface area contributed by atoms with Crippen LogP contribution in [0.5, 0.6) is 0 Å². The Labute approximate surface area is 189 Å². The standard InChI is InChI=1S/C24H22O9/c1-3-7-17-11-21(19(27-30-21)9-15(17)5-1)23(13-25-32-23)29-24(14-26-33-24)22-12-18-8-4-2-6-16(18)10-20(22)28-31-22/h1-8,19-20H,9-14H2. The summed E-state index contributed by atoms with van der Waals surface area (Å²) in [6.45, 7) is 0.330. The molecule has 0 radical (unpaired) electrons. The summed E-state index contributed by atoms with van der Waals surface area (Å²) in [5.74, 6) is -2.50. The van der Waals surface area contributed by atoms with Crippen molar-refractivity contribution in [2.75, 3.05) is 13.2 Å². The van der Waals surface area contributed by atoms with Gasteiger partial charge in [0.15, 0.2) is 11.2 Å². The van der Waals surface area contributed by atoms with Crippen molar-refractivity contribution < 1.29 is 43.8 Å². The van der Waals surface area contributed by atoms with Crippen LogP contribution >= 0.6 is 0 Å². The molecule has 4 saturated heterocycles. The average Bonchev–Trinajstić information content (AvgIpc) is 2.76. The van der Waals surface area contributed by atoms with Crippen molar-refractivity contribution in [1.29, 1.82) is 0 Å². The van der Waals surface area contributed by atoms with E-state index in [-0.39, 0.29) is 25.4 Å². The first kappa shape index (κ1) is 19.4. The van der Waals surface area contributed by atoms with Crippen LogP contribution in [0.3, 0.4) is 0 Å². The first-order valence-corrected chi connectivity index (χ1v) is 11.3. The summed E-state index contributed by atoms with van der Waals surface area (Å²) in [6.07, 6.45) is 2.02. The highest BCUT2D eigenvalue weighted by Crippen LogP contribution is 2.59. The van der Waals surface area contributed by atoms with E-state index in [9.17, 15) is 0 Å².